The zero-order valence-corrected chi connectivity index (χ0v) is 8.21. The molecular formula is C8H12BrN3. The first-order chi connectivity index (χ1) is 5.65. The van der Waals surface area contributed by atoms with Crippen molar-refractivity contribution in [3.63, 3.8) is 0 Å². The summed E-state index contributed by atoms with van der Waals surface area (Å²) in [7, 11) is 0. The molecule has 1 rings (SSSR count). The van der Waals surface area contributed by atoms with Gasteiger partial charge in [0.25, 0.3) is 0 Å². The summed E-state index contributed by atoms with van der Waals surface area (Å²) in [6, 6.07) is 5.41. The Balaban J connectivity index is 3.04. The number of hydrogen-bond donors (Lipinski definition) is 3. The van der Waals surface area contributed by atoms with E-state index in [1.54, 1.807) is 0 Å². The lowest BCUT2D eigenvalue weighted by Crippen LogP contribution is -2.21. The first kappa shape index (κ1) is 9.51. The van der Waals surface area contributed by atoms with Crippen molar-refractivity contribution in [3.8, 4) is 0 Å². The SMILES string of the molecule is NC[C@@H](N)c1cc(Br)ccc1N. The number of benzene rings is 1. The van der Waals surface area contributed by atoms with Crippen molar-refractivity contribution in [3.05, 3.63) is 28.2 Å². The lowest BCUT2D eigenvalue weighted by Gasteiger charge is -2.12. The minimum absolute atomic E-state index is 0.178. The maximum atomic E-state index is 5.74. The van der Waals surface area contributed by atoms with Crippen LogP contribution in [0, 0.1) is 0 Å². The van der Waals surface area contributed by atoms with Gasteiger partial charge < -0.3 is 17.2 Å². The Kier molecular flexibility index (Phi) is 3.08. The van der Waals surface area contributed by atoms with Gasteiger partial charge >= 0.3 is 0 Å². The van der Waals surface area contributed by atoms with Crippen molar-refractivity contribution in [2.45, 2.75) is 6.04 Å². The van der Waals surface area contributed by atoms with E-state index >= 15 is 0 Å². The van der Waals surface area contributed by atoms with E-state index in [1.807, 2.05) is 18.2 Å². The third-order valence-electron chi connectivity index (χ3n) is 1.70. The molecule has 12 heavy (non-hydrogen) atoms. The Morgan fingerprint density at radius 1 is 1.42 bits per heavy atom. The molecule has 6 N–H and O–H groups in total. The van der Waals surface area contributed by atoms with Crippen molar-refractivity contribution in [1.29, 1.82) is 0 Å². The van der Waals surface area contributed by atoms with Crippen LogP contribution in [0.25, 0.3) is 0 Å². The lowest BCUT2D eigenvalue weighted by atomic mass is 10.1. The smallest absolute Gasteiger partial charge is 0.0440 e. The molecule has 0 heterocycles. The van der Waals surface area contributed by atoms with Gasteiger partial charge in [0.15, 0.2) is 0 Å². The molecule has 3 nitrogen and oxygen atoms in total. The Bertz CT molecular complexity index is 275. The van der Waals surface area contributed by atoms with E-state index in [0.29, 0.717) is 12.2 Å². The minimum Gasteiger partial charge on any atom is -0.398 e. The zero-order valence-electron chi connectivity index (χ0n) is 6.63. The van der Waals surface area contributed by atoms with Crippen molar-refractivity contribution < 1.29 is 0 Å². The van der Waals surface area contributed by atoms with Crippen LogP contribution < -0.4 is 17.2 Å². The molecule has 0 fully saturated rings. The summed E-state index contributed by atoms with van der Waals surface area (Å²) in [4.78, 5) is 0. The molecule has 1 aromatic carbocycles. The Hall–Kier alpha value is -0.580. The summed E-state index contributed by atoms with van der Waals surface area (Å²) >= 11 is 3.34. The normalized spacial score (nSPS) is 12.9. The van der Waals surface area contributed by atoms with E-state index in [4.69, 9.17) is 17.2 Å². The van der Waals surface area contributed by atoms with Gasteiger partial charge in [0, 0.05) is 22.7 Å². The molecule has 1 aromatic rings. The van der Waals surface area contributed by atoms with E-state index in [2.05, 4.69) is 15.9 Å². The molecule has 0 radical (unpaired) electrons. The highest BCUT2D eigenvalue weighted by Gasteiger charge is 2.07. The first-order valence-electron chi connectivity index (χ1n) is 3.65. The van der Waals surface area contributed by atoms with Crippen LogP contribution in [0.3, 0.4) is 0 Å². The predicted octanol–water partition coefficient (Wildman–Crippen LogP) is 0.990. The maximum absolute atomic E-state index is 5.74. The summed E-state index contributed by atoms with van der Waals surface area (Å²) in [5, 5.41) is 0. The molecule has 0 unspecified atom stereocenters. The molecule has 0 spiro atoms. The summed E-state index contributed by atoms with van der Waals surface area (Å²) in [5.41, 5.74) is 18.5. The summed E-state index contributed by atoms with van der Waals surface area (Å²) in [6.45, 7) is 0.403. The van der Waals surface area contributed by atoms with Crippen LogP contribution in [-0.2, 0) is 0 Å². The molecule has 0 amide bonds. The van der Waals surface area contributed by atoms with E-state index < -0.39 is 0 Å². The molecular weight excluding hydrogens is 218 g/mol. The molecule has 0 saturated heterocycles. The molecule has 0 bridgehead atoms. The Morgan fingerprint density at radius 2 is 2.08 bits per heavy atom. The number of halogens is 1. The lowest BCUT2D eigenvalue weighted by molar-refractivity contribution is 0.739. The predicted molar refractivity (Wildman–Crippen MR) is 54.5 cm³/mol. The summed E-state index contributed by atoms with van der Waals surface area (Å²) < 4.78 is 0.968. The number of nitrogens with two attached hydrogens (primary N) is 3. The molecule has 0 aliphatic heterocycles. The van der Waals surface area contributed by atoms with Crippen molar-refractivity contribution >= 4 is 21.6 Å². The van der Waals surface area contributed by atoms with Crippen LogP contribution in [0.4, 0.5) is 5.69 Å². The highest BCUT2D eigenvalue weighted by atomic mass is 79.9. The van der Waals surface area contributed by atoms with Crippen molar-refractivity contribution in [1.82, 2.24) is 0 Å². The topological polar surface area (TPSA) is 78.1 Å². The van der Waals surface area contributed by atoms with Gasteiger partial charge in [-0.05, 0) is 23.8 Å². The maximum Gasteiger partial charge on any atom is 0.0440 e. The Morgan fingerprint density at radius 3 is 2.67 bits per heavy atom. The second-order valence-electron chi connectivity index (χ2n) is 2.62. The number of rotatable bonds is 2. The highest BCUT2D eigenvalue weighted by Crippen LogP contribution is 2.22. The van der Waals surface area contributed by atoms with Gasteiger partial charge in [0.1, 0.15) is 0 Å². The Labute approximate surface area is 80.0 Å². The quantitative estimate of drug-likeness (QED) is 0.663. The number of nitrogen functional groups attached to an aromatic ring is 1. The van der Waals surface area contributed by atoms with E-state index in [9.17, 15) is 0 Å². The average Bonchev–Trinajstić information content (AvgIpc) is 2.08. The van der Waals surface area contributed by atoms with E-state index in [-0.39, 0.29) is 6.04 Å². The van der Waals surface area contributed by atoms with Gasteiger partial charge in [-0.15, -0.1) is 0 Å². The van der Waals surface area contributed by atoms with Gasteiger partial charge in [0.2, 0.25) is 0 Å². The van der Waals surface area contributed by atoms with Gasteiger partial charge in [-0.3, -0.25) is 0 Å². The number of anilines is 1. The van der Waals surface area contributed by atoms with Crippen LogP contribution in [0.5, 0.6) is 0 Å². The van der Waals surface area contributed by atoms with Crippen LogP contribution in [0.2, 0.25) is 0 Å². The van der Waals surface area contributed by atoms with Crippen LogP contribution in [0.1, 0.15) is 11.6 Å². The van der Waals surface area contributed by atoms with E-state index in [1.165, 1.54) is 0 Å². The van der Waals surface area contributed by atoms with Gasteiger partial charge in [-0.2, -0.15) is 0 Å². The van der Waals surface area contributed by atoms with Crippen LogP contribution in [-0.4, -0.2) is 6.54 Å². The van der Waals surface area contributed by atoms with Crippen LogP contribution >= 0.6 is 15.9 Å². The van der Waals surface area contributed by atoms with E-state index in [0.717, 1.165) is 10.0 Å². The summed E-state index contributed by atoms with van der Waals surface area (Å²) in [5.74, 6) is 0. The zero-order chi connectivity index (χ0) is 9.14. The fourth-order valence-electron chi connectivity index (χ4n) is 0.994. The average molecular weight is 230 g/mol. The van der Waals surface area contributed by atoms with Gasteiger partial charge in [-0.1, -0.05) is 15.9 Å². The molecule has 66 valence electrons. The second-order valence-corrected chi connectivity index (χ2v) is 3.53. The largest absolute Gasteiger partial charge is 0.398 e. The first-order valence-corrected chi connectivity index (χ1v) is 4.45. The minimum atomic E-state index is -0.178. The fourth-order valence-corrected chi connectivity index (χ4v) is 1.37. The highest BCUT2D eigenvalue weighted by molar-refractivity contribution is 9.10. The van der Waals surface area contributed by atoms with Crippen molar-refractivity contribution in [2.24, 2.45) is 11.5 Å². The molecule has 0 aliphatic carbocycles. The molecule has 0 aliphatic rings. The summed E-state index contributed by atoms with van der Waals surface area (Å²) in [6.07, 6.45) is 0. The molecule has 1 atom stereocenters. The van der Waals surface area contributed by atoms with Gasteiger partial charge in [0.05, 0.1) is 0 Å². The van der Waals surface area contributed by atoms with Gasteiger partial charge in [-0.25, -0.2) is 0 Å². The number of hydrogen-bond acceptors (Lipinski definition) is 3. The standard InChI is InChI=1S/C8H12BrN3/c9-5-1-2-7(11)6(3-5)8(12)4-10/h1-3,8H,4,10-12H2/t8-/m1/s1. The van der Waals surface area contributed by atoms with Crippen LogP contribution in [0.15, 0.2) is 22.7 Å². The molecule has 4 heteroatoms. The molecule has 0 aromatic heterocycles. The molecule has 0 saturated carbocycles. The van der Waals surface area contributed by atoms with Crippen molar-refractivity contribution in [2.75, 3.05) is 12.3 Å². The monoisotopic (exact) mass is 229 g/mol. The second kappa shape index (κ2) is 3.89. The third-order valence-corrected chi connectivity index (χ3v) is 2.20. The third kappa shape index (κ3) is 1.97. The fraction of sp³-hybridized carbons (Fsp3) is 0.250.